The molecule has 1 aliphatic carbocycles. The fourth-order valence-electron chi connectivity index (χ4n) is 2.05. The highest BCUT2D eigenvalue weighted by Gasteiger charge is 2.13. The molecule has 2 rings (SSSR count). The number of nitrogens with one attached hydrogen (secondary N) is 2. The number of H-pyrrole nitrogens is 1. The first-order valence-electron chi connectivity index (χ1n) is 5.41. The zero-order valence-electron chi connectivity index (χ0n) is 8.42. The molecule has 1 aliphatic rings. The Labute approximate surface area is 84.3 Å². The van der Waals surface area contributed by atoms with Crippen LogP contribution >= 0.6 is 0 Å². The van der Waals surface area contributed by atoms with Gasteiger partial charge in [0.05, 0.1) is 11.9 Å². The van der Waals surface area contributed by atoms with Gasteiger partial charge in [0.2, 0.25) is 0 Å². The molecule has 78 valence electrons. The van der Waals surface area contributed by atoms with Crippen LogP contribution in [0, 0.1) is 0 Å². The molecule has 0 bridgehead atoms. The third-order valence-electron chi connectivity index (χ3n) is 2.88. The lowest BCUT2D eigenvalue weighted by Crippen LogP contribution is -2.18. The number of aromatic amines is 1. The maximum absolute atomic E-state index is 5.72. The minimum atomic E-state index is 0.581. The number of hydrogen-bond donors (Lipinski definition) is 3. The molecule has 0 unspecified atom stereocenters. The molecule has 1 aromatic heterocycles. The van der Waals surface area contributed by atoms with Crippen molar-refractivity contribution in [3.63, 3.8) is 0 Å². The van der Waals surface area contributed by atoms with Crippen molar-refractivity contribution in [3.8, 4) is 0 Å². The average molecular weight is 194 g/mol. The Balaban J connectivity index is 1.92. The number of nitrogens with zero attached hydrogens (tertiary/aromatic N) is 1. The fraction of sp³-hybridized carbons (Fsp3) is 0.700. The van der Waals surface area contributed by atoms with Crippen molar-refractivity contribution in [1.82, 2.24) is 10.2 Å². The van der Waals surface area contributed by atoms with Gasteiger partial charge in [-0.05, 0) is 12.8 Å². The zero-order valence-corrected chi connectivity index (χ0v) is 8.42. The van der Waals surface area contributed by atoms with E-state index in [1.54, 1.807) is 6.20 Å². The Hall–Kier alpha value is -1.19. The van der Waals surface area contributed by atoms with Gasteiger partial charge in [-0.15, -0.1) is 0 Å². The van der Waals surface area contributed by atoms with Crippen LogP contribution in [0.5, 0.6) is 0 Å². The number of aromatic nitrogens is 2. The van der Waals surface area contributed by atoms with Crippen LogP contribution in [0.15, 0.2) is 6.20 Å². The van der Waals surface area contributed by atoms with Crippen LogP contribution in [-0.2, 0) is 0 Å². The smallest absolute Gasteiger partial charge is 0.142 e. The minimum absolute atomic E-state index is 0.581. The Morgan fingerprint density at radius 3 is 2.57 bits per heavy atom. The molecule has 0 radical (unpaired) electrons. The van der Waals surface area contributed by atoms with E-state index in [2.05, 4.69) is 15.5 Å². The molecule has 1 saturated carbocycles. The maximum Gasteiger partial charge on any atom is 0.142 e. The van der Waals surface area contributed by atoms with Crippen molar-refractivity contribution in [3.05, 3.63) is 6.20 Å². The molecule has 1 aromatic rings. The maximum atomic E-state index is 5.72. The number of nitrogens with two attached hydrogens (primary N) is 1. The van der Waals surface area contributed by atoms with Crippen LogP contribution in [0.25, 0.3) is 0 Å². The molecule has 0 atom stereocenters. The summed E-state index contributed by atoms with van der Waals surface area (Å²) in [4.78, 5) is 0. The summed E-state index contributed by atoms with van der Waals surface area (Å²) >= 11 is 0. The Kier molecular flexibility index (Phi) is 2.91. The van der Waals surface area contributed by atoms with Gasteiger partial charge < -0.3 is 11.1 Å². The van der Waals surface area contributed by atoms with Crippen LogP contribution in [0.1, 0.15) is 38.5 Å². The van der Waals surface area contributed by atoms with Crippen LogP contribution in [-0.4, -0.2) is 16.2 Å². The van der Waals surface area contributed by atoms with Crippen LogP contribution in [0.3, 0.4) is 0 Å². The lowest BCUT2D eigenvalue weighted by molar-refractivity contribution is 0.620. The van der Waals surface area contributed by atoms with Gasteiger partial charge in [-0.1, -0.05) is 25.7 Å². The van der Waals surface area contributed by atoms with Crippen LogP contribution in [0.4, 0.5) is 11.5 Å². The first-order chi connectivity index (χ1) is 6.86. The molecule has 0 amide bonds. The summed E-state index contributed by atoms with van der Waals surface area (Å²) in [5.74, 6) is 0.647. The molecular formula is C10H18N4. The second-order valence-electron chi connectivity index (χ2n) is 4.03. The van der Waals surface area contributed by atoms with E-state index in [-0.39, 0.29) is 0 Å². The van der Waals surface area contributed by atoms with Crippen molar-refractivity contribution in [2.24, 2.45) is 0 Å². The van der Waals surface area contributed by atoms with Crippen molar-refractivity contribution < 1.29 is 0 Å². The normalized spacial score (nSPS) is 19.1. The summed E-state index contributed by atoms with van der Waals surface area (Å²) in [7, 11) is 0. The van der Waals surface area contributed by atoms with E-state index in [9.17, 15) is 0 Å². The SMILES string of the molecule is Nc1[nH]ncc1NC1CCCCCC1. The van der Waals surface area contributed by atoms with Crippen molar-refractivity contribution in [2.45, 2.75) is 44.6 Å². The third kappa shape index (κ3) is 2.19. The standard InChI is InChI=1S/C10H18N4/c11-10-9(7-12-14-10)13-8-5-3-1-2-4-6-8/h7-8,13H,1-6H2,(H3,11,12,14). The molecule has 1 fully saturated rings. The molecule has 0 aromatic carbocycles. The Bertz CT molecular complexity index is 273. The highest BCUT2D eigenvalue weighted by molar-refractivity contribution is 5.60. The summed E-state index contributed by atoms with van der Waals surface area (Å²) in [6, 6.07) is 0.581. The molecule has 1 heterocycles. The average Bonchev–Trinajstić information content (AvgIpc) is 2.44. The van der Waals surface area contributed by atoms with E-state index in [1.165, 1.54) is 38.5 Å². The van der Waals surface area contributed by atoms with Crippen LogP contribution < -0.4 is 11.1 Å². The third-order valence-corrected chi connectivity index (χ3v) is 2.88. The lowest BCUT2D eigenvalue weighted by Gasteiger charge is -2.16. The summed E-state index contributed by atoms with van der Waals surface area (Å²) in [6.45, 7) is 0. The topological polar surface area (TPSA) is 66.7 Å². The molecule has 4 nitrogen and oxygen atoms in total. The van der Waals surface area contributed by atoms with Crippen molar-refractivity contribution >= 4 is 11.5 Å². The monoisotopic (exact) mass is 194 g/mol. The Morgan fingerprint density at radius 1 is 1.29 bits per heavy atom. The quantitative estimate of drug-likeness (QED) is 0.632. The number of rotatable bonds is 2. The lowest BCUT2D eigenvalue weighted by atomic mass is 10.1. The first kappa shape index (κ1) is 9.37. The van der Waals surface area contributed by atoms with Gasteiger partial charge in [0.1, 0.15) is 5.82 Å². The molecule has 4 N–H and O–H groups in total. The van der Waals surface area contributed by atoms with Gasteiger partial charge in [-0.25, -0.2) is 0 Å². The van der Waals surface area contributed by atoms with E-state index < -0.39 is 0 Å². The zero-order chi connectivity index (χ0) is 9.80. The molecular weight excluding hydrogens is 176 g/mol. The van der Waals surface area contributed by atoms with Crippen molar-refractivity contribution in [2.75, 3.05) is 11.1 Å². The van der Waals surface area contributed by atoms with Crippen molar-refractivity contribution in [1.29, 1.82) is 0 Å². The van der Waals surface area contributed by atoms with E-state index >= 15 is 0 Å². The van der Waals surface area contributed by atoms with Gasteiger partial charge in [-0.3, -0.25) is 5.10 Å². The molecule has 4 heteroatoms. The molecule has 0 spiro atoms. The summed E-state index contributed by atoms with van der Waals surface area (Å²) < 4.78 is 0. The number of anilines is 2. The van der Waals surface area contributed by atoms with E-state index in [0.29, 0.717) is 11.9 Å². The second-order valence-corrected chi connectivity index (χ2v) is 4.03. The molecule has 0 saturated heterocycles. The first-order valence-corrected chi connectivity index (χ1v) is 5.41. The predicted molar refractivity (Wildman–Crippen MR) is 58.1 cm³/mol. The summed E-state index contributed by atoms with van der Waals surface area (Å²) in [6.07, 6.45) is 9.68. The number of hydrogen-bond acceptors (Lipinski definition) is 3. The van der Waals surface area contributed by atoms with E-state index in [4.69, 9.17) is 5.73 Å². The van der Waals surface area contributed by atoms with Gasteiger partial charge >= 0.3 is 0 Å². The summed E-state index contributed by atoms with van der Waals surface area (Å²) in [5.41, 5.74) is 6.67. The van der Waals surface area contributed by atoms with E-state index in [0.717, 1.165) is 5.69 Å². The highest BCUT2D eigenvalue weighted by atomic mass is 15.2. The second kappa shape index (κ2) is 4.35. The Morgan fingerprint density at radius 2 is 2.00 bits per heavy atom. The highest BCUT2D eigenvalue weighted by Crippen LogP contribution is 2.22. The fourth-order valence-corrected chi connectivity index (χ4v) is 2.05. The van der Waals surface area contributed by atoms with E-state index in [1.807, 2.05) is 0 Å². The summed E-state index contributed by atoms with van der Waals surface area (Å²) in [5, 5.41) is 10.1. The molecule has 0 aliphatic heterocycles. The van der Waals surface area contributed by atoms with Gasteiger partial charge in [0.15, 0.2) is 0 Å². The minimum Gasteiger partial charge on any atom is -0.382 e. The van der Waals surface area contributed by atoms with Gasteiger partial charge in [-0.2, -0.15) is 5.10 Å². The van der Waals surface area contributed by atoms with Gasteiger partial charge in [0, 0.05) is 6.04 Å². The molecule has 14 heavy (non-hydrogen) atoms. The van der Waals surface area contributed by atoms with Gasteiger partial charge in [0.25, 0.3) is 0 Å². The largest absolute Gasteiger partial charge is 0.382 e. The number of nitrogen functional groups attached to an aromatic ring is 1. The van der Waals surface area contributed by atoms with Crippen LogP contribution in [0.2, 0.25) is 0 Å². The predicted octanol–water partition coefficient (Wildman–Crippen LogP) is 2.13.